The molecule has 0 spiro atoms. The van der Waals surface area contributed by atoms with Crippen LogP contribution in [0.25, 0.3) is 10.9 Å². The van der Waals surface area contributed by atoms with E-state index >= 15 is 0 Å². The molecule has 0 saturated carbocycles. The van der Waals surface area contributed by atoms with Crippen molar-refractivity contribution in [1.82, 2.24) is 20.1 Å². The van der Waals surface area contributed by atoms with Gasteiger partial charge in [-0.25, -0.2) is 0 Å². The molecule has 2 amide bonds. The van der Waals surface area contributed by atoms with Gasteiger partial charge in [-0.15, -0.1) is 10.2 Å². The Labute approximate surface area is 165 Å². The summed E-state index contributed by atoms with van der Waals surface area (Å²) in [6.07, 6.45) is 2.90. The van der Waals surface area contributed by atoms with E-state index in [1.54, 1.807) is 12.0 Å². The molecule has 1 aliphatic rings. The van der Waals surface area contributed by atoms with Gasteiger partial charge in [0, 0.05) is 36.6 Å². The van der Waals surface area contributed by atoms with Crippen molar-refractivity contribution in [3.05, 3.63) is 35.0 Å². The number of nitrogens with zero attached hydrogens (tertiary/aromatic N) is 3. The average Bonchev–Trinajstić information content (AvgIpc) is 3.38. The van der Waals surface area contributed by atoms with E-state index in [-0.39, 0.29) is 24.2 Å². The molecule has 1 atom stereocenters. The Morgan fingerprint density at radius 2 is 2.29 bits per heavy atom. The van der Waals surface area contributed by atoms with Crippen LogP contribution in [0.2, 0.25) is 0 Å². The second-order valence-corrected chi connectivity index (χ2v) is 8.01. The lowest BCUT2D eigenvalue weighted by molar-refractivity contribution is -0.128. The van der Waals surface area contributed by atoms with Crippen LogP contribution in [0.3, 0.4) is 0 Å². The van der Waals surface area contributed by atoms with Crippen LogP contribution in [-0.4, -0.2) is 52.1 Å². The third-order valence-corrected chi connectivity index (χ3v) is 5.72. The molecule has 1 saturated heterocycles. The van der Waals surface area contributed by atoms with E-state index in [1.165, 1.54) is 11.3 Å². The zero-order chi connectivity index (χ0) is 19.7. The minimum absolute atomic E-state index is 0.00557. The van der Waals surface area contributed by atoms with Gasteiger partial charge >= 0.3 is 0 Å². The Bertz CT molecular complexity index is 1030. The van der Waals surface area contributed by atoms with Gasteiger partial charge in [-0.2, -0.15) is 0 Å². The molecule has 0 bridgehead atoms. The summed E-state index contributed by atoms with van der Waals surface area (Å²) >= 11 is 1.32. The zero-order valence-electron chi connectivity index (χ0n) is 15.7. The Morgan fingerprint density at radius 1 is 1.43 bits per heavy atom. The topological polar surface area (TPSA) is 100 Å². The first kappa shape index (κ1) is 18.4. The molecule has 28 heavy (non-hydrogen) atoms. The first-order chi connectivity index (χ1) is 13.5. The van der Waals surface area contributed by atoms with Crippen molar-refractivity contribution in [2.24, 2.45) is 5.92 Å². The number of carbonyl (C=O) groups excluding carboxylic acids is 2. The van der Waals surface area contributed by atoms with Crippen LogP contribution in [0.15, 0.2) is 24.4 Å². The maximum absolute atomic E-state index is 12.4. The third-order valence-electron chi connectivity index (χ3n) is 4.97. The molecule has 8 nitrogen and oxygen atoms in total. The van der Waals surface area contributed by atoms with Crippen LogP contribution < -0.4 is 10.1 Å². The van der Waals surface area contributed by atoms with Gasteiger partial charge in [-0.3, -0.25) is 9.59 Å². The number of ether oxygens (including phenoxy) is 1. The highest BCUT2D eigenvalue weighted by Crippen LogP contribution is 2.26. The second kappa shape index (κ2) is 7.59. The molecule has 1 fully saturated rings. The van der Waals surface area contributed by atoms with Crippen LogP contribution in [0.4, 0.5) is 5.13 Å². The monoisotopic (exact) mass is 399 g/mol. The van der Waals surface area contributed by atoms with E-state index < -0.39 is 0 Å². The van der Waals surface area contributed by atoms with Crippen molar-refractivity contribution < 1.29 is 14.3 Å². The molecule has 0 aliphatic carbocycles. The van der Waals surface area contributed by atoms with E-state index in [2.05, 4.69) is 20.5 Å². The van der Waals surface area contributed by atoms with E-state index in [0.717, 1.165) is 27.2 Å². The van der Waals surface area contributed by atoms with Crippen molar-refractivity contribution in [2.75, 3.05) is 25.5 Å². The van der Waals surface area contributed by atoms with E-state index in [4.69, 9.17) is 4.74 Å². The summed E-state index contributed by atoms with van der Waals surface area (Å²) < 4.78 is 5.30. The number of benzene rings is 1. The molecular formula is C19H21N5O3S. The Kier molecular flexibility index (Phi) is 4.99. The number of methoxy groups -OCH3 is 1. The van der Waals surface area contributed by atoms with E-state index in [0.29, 0.717) is 24.6 Å². The first-order valence-electron chi connectivity index (χ1n) is 9.06. The average molecular weight is 399 g/mol. The lowest BCUT2D eigenvalue weighted by Gasteiger charge is -2.16. The number of aryl methyl sites for hydroxylation is 1. The van der Waals surface area contributed by atoms with Gasteiger partial charge in [0.2, 0.25) is 16.9 Å². The lowest BCUT2D eigenvalue weighted by atomic mass is 10.1. The number of amides is 2. The molecular weight excluding hydrogens is 378 g/mol. The number of hydrogen-bond acceptors (Lipinski definition) is 6. The van der Waals surface area contributed by atoms with Crippen LogP contribution in [0, 0.1) is 12.8 Å². The lowest BCUT2D eigenvalue weighted by Crippen LogP contribution is -2.30. The minimum atomic E-state index is -0.361. The number of likely N-dealkylation sites (tertiary alicyclic amines) is 1. The number of nitrogens with one attached hydrogen (secondary N) is 2. The molecule has 2 N–H and O–H groups in total. The molecule has 3 aromatic rings. The Morgan fingerprint density at radius 3 is 3.04 bits per heavy atom. The van der Waals surface area contributed by atoms with Crippen molar-refractivity contribution in [2.45, 2.75) is 19.8 Å². The van der Waals surface area contributed by atoms with Crippen molar-refractivity contribution in [3.8, 4) is 5.75 Å². The fourth-order valence-electron chi connectivity index (χ4n) is 3.47. The predicted molar refractivity (Wildman–Crippen MR) is 107 cm³/mol. The van der Waals surface area contributed by atoms with Gasteiger partial charge < -0.3 is 19.9 Å². The number of fused-ring (bicyclic) bond motifs is 1. The molecule has 3 heterocycles. The number of H-pyrrole nitrogens is 1. The molecule has 0 unspecified atom stereocenters. The molecule has 0 radical (unpaired) electrons. The fourth-order valence-corrected chi connectivity index (χ4v) is 4.06. The van der Waals surface area contributed by atoms with Gasteiger partial charge in [0.25, 0.3) is 0 Å². The maximum atomic E-state index is 12.4. The largest absolute Gasteiger partial charge is 0.497 e. The van der Waals surface area contributed by atoms with E-state index in [1.807, 2.05) is 31.3 Å². The number of aromatic amines is 1. The van der Waals surface area contributed by atoms with Gasteiger partial charge in [0.15, 0.2) is 0 Å². The summed E-state index contributed by atoms with van der Waals surface area (Å²) in [4.78, 5) is 29.8. The van der Waals surface area contributed by atoms with Gasteiger partial charge in [0.05, 0.1) is 13.0 Å². The Hall–Kier alpha value is -2.94. The minimum Gasteiger partial charge on any atom is -0.497 e. The highest BCUT2D eigenvalue weighted by atomic mass is 32.1. The second-order valence-electron chi connectivity index (χ2n) is 6.83. The van der Waals surface area contributed by atoms with Gasteiger partial charge in [0.1, 0.15) is 10.8 Å². The molecule has 146 valence electrons. The molecule has 2 aromatic heterocycles. The van der Waals surface area contributed by atoms with E-state index in [9.17, 15) is 9.59 Å². The number of aromatic nitrogens is 3. The van der Waals surface area contributed by atoms with Crippen LogP contribution >= 0.6 is 11.3 Å². The third kappa shape index (κ3) is 3.70. The highest BCUT2D eigenvalue weighted by Gasteiger charge is 2.34. The quantitative estimate of drug-likeness (QED) is 0.663. The van der Waals surface area contributed by atoms with Crippen LogP contribution in [-0.2, 0) is 16.0 Å². The highest BCUT2D eigenvalue weighted by molar-refractivity contribution is 7.15. The molecule has 1 aliphatic heterocycles. The number of hydrogen-bond donors (Lipinski definition) is 2. The predicted octanol–water partition coefficient (Wildman–Crippen LogP) is 2.37. The standard InChI is InChI=1S/C19H21N5O3S/c1-11-22-23-19(28-11)21-18(26)13-7-17(25)24(10-13)6-5-12-9-20-16-4-3-14(27-2)8-15(12)16/h3-4,8-9,13,20H,5-7,10H2,1-2H3,(H,21,23,26)/t13-/m0/s1. The number of anilines is 1. The summed E-state index contributed by atoms with van der Waals surface area (Å²) in [5.74, 6) is 0.267. The normalized spacial score (nSPS) is 16.7. The SMILES string of the molecule is COc1ccc2[nH]cc(CCN3C[C@@H](C(=O)Nc4nnc(C)s4)CC3=O)c2c1. The zero-order valence-corrected chi connectivity index (χ0v) is 16.5. The molecule has 9 heteroatoms. The Balaban J connectivity index is 1.38. The summed E-state index contributed by atoms with van der Waals surface area (Å²) in [5.41, 5.74) is 2.16. The smallest absolute Gasteiger partial charge is 0.231 e. The maximum Gasteiger partial charge on any atom is 0.231 e. The molecule has 1 aromatic carbocycles. The molecule has 4 rings (SSSR count). The summed E-state index contributed by atoms with van der Waals surface area (Å²) in [6, 6.07) is 5.89. The van der Waals surface area contributed by atoms with Crippen molar-refractivity contribution in [1.29, 1.82) is 0 Å². The number of rotatable bonds is 6. The first-order valence-corrected chi connectivity index (χ1v) is 9.88. The van der Waals surface area contributed by atoms with Gasteiger partial charge in [-0.1, -0.05) is 11.3 Å². The summed E-state index contributed by atoms with van der Waals surface area (Å²) in [7, 11) is 1.64. The number of carbonyl (C=O) groups is 2. The van der Waals surface area contributed by atoms with Crippen molar-refractivity contribution in [3.63, 3.8) is 0 Å². The fraction of sp³-hybridized carbons (Fsp3) is 0.368. The van der Waals surface area contributed by atoms with Crippen LogP contribution in [0.5, 0.6) is 5.75 Å². The summed E-state index contributed by atoms with van der Waals surface area (Å²) in [5, 5.41) is 12.9. The van der Waals surface area contributed by atoms with Crippen LogP contribution in [0.1, 0.15) is 17.0 Å². The van der Waals surface area contributed by atoms with Crippen molar-refractivity contribution >= 4 is 39.2 Å². The summed E-state index contributed by atoms with van der Waals surface area (Å²) in [6.45, 7) is 2.83. The van der Waals surface area contributed by atoms with Gasteiger partial charge in [-0.05, 0) is 37.1 Å².